The minimum absolute atomic E-state index is 0.155. The molecule has 1 aliphatic rings. The van der Waals surface area contributed by atoms with Crippen LogP contribution in [0, 0.1) is 0 Å². The van der Waals surface area contributed by atoms with Crippen molar-refractivity contribution in [1.29, 1.82) is 0 Å². The molecule has 0 aromatic carbocycles. The fourth-order valence-corrected chi connectivity index (χ4v) is 3.56. The lowest BCUT2D eigenvalue weighted by Gasteiger charge is -2.34. The molecule has 2 heterocycles. The van der Waals surface area contributed by atoms with Gasteiger partial charge < -0.3 is 5.32 Å². The highest BCUT2D eigenvalue weighted by molar-refractivity contribution is 7.16. The third kappa shape index (κ3) is 5.94. The predicted octanol–water partition coefficient (Wildman–Crippen LogP) is 2.44. The summed E-state index contributed by atoms with van der Waals surface area (Å²) in [5.41, 5.74) is 0. The Kier molecular flexibility index (Phi) is 6.96. The van der Waals surface area contributed by atoms with Crippen LogP contribution in [0.5, 0.6) is 0 Å². The van der Waals surface area contributed by atoms with E-state index in [0.29, 0.717) is 6.54 Å². The first-order chi connectivity index (χ1) is 10.2. The maximum absolute atomic E-state index is 11.8. The van der Waals surface area contributed by atoms with Crippen LogP contribution in [0.3, 0.4) is 0 Å². The van der Waals surface area contributed by atoms with Crippen molar-refractivity contribution < 1.29 is 4.79 Å². The van der Waals surface area contributed by atoms with Gasteiger partial charge in [0.25, 0.3) is 0 Å². The maximum Gasteiger partial charge on any atom is 0.234 e. The van der Waals surface area contributed by atoms with Gasteiger partial charge in [0, 0.05) is 44.1 Å². The average Bonchev–Trinajstić information content (AvgIpc) is 2.87. The van der Waals surface area contributed by atoms with Gasteiger partial charge in [-0.3, -0.25) is 14.6 Å². The lowest BCUT2D eigenvalue weighted by Crippen LogP contribution is -2.49. The van der Waals surface area contributed by atoms with E-state index < -0.39 is 0 Å². The normalized spacial score (nSPS) is 17.0. The van der Waals surface area contributed by atoms with Crippen LogP contribution in [-0.2, 0) is 11.3 Å². The number of unbranched alkanes of at least 4 members (excludes halogenated alkanes) is 1. The second kappa shape index (κ2) is 8.73. The minimum Gasteiger partial charge on any atom is -0.355 e. The highest BCUT2D eigenvalue weighted by Crippen LogP contribution is 2.23. The van der Waals surface area contributed by atoms with Gasteiger partial charge in [-0.15, -0.1) is 11.3 Å². The summed E-state index contributed by atoms with van der Waals surface area (Å²) >= 11 is 7.61. The number of rotatable bonds is 7. The van der Waals surface area contributed by atoms with Gasteiger partial charge >= 0.3 is 0 Å². The zero-order valence-electron chi connectivity index (χ0n) is 12.6. The summed E-state index contributed by atoms with van der Waals surface area (Å²) in [6.07, 6.45) is 2.18. The molecule has 21 heavy (non-hydrogen) atoms. The van der Waals surface area contributed by atoms with Crippen LogP contribution in [0.15, 0.2) is 12.1 Å². The Labute approximate surface area is 136 Å². The number of nitrogens with zero attached hydrogens (tertiary/aromatic N) is 2. The topological polar surface area (TPSA) is 35.6 Å². The Morgan fingerprint density at radius 3 is 2.62 bits per heavy atom. The van der Waals surface area contributed by atoms with Gasteiger partial charge in [0.05, 0.1) is 10.9 Å². The van der Waals surface area contributed by atoms with Gasteiger partial charge in [-0.25, -0.2) is 0 Å². The summed E-state index contributed by atoms with van der Waals surface area (Å²) < 4.78 is 0.854. The molecule has 0 aliphatic carbocycles. The fourth-order valence-electron chi connectivity index (χ4n) is 2.43. The van der Waals surface area contributed by atoms with E-state index in [1.54, 1.807) is 11.3 Å². The smallest absolute Gasteiger partial charge is 0.234 e. The second-order valence-electron chi connectivity index (χ2n) is 5.46. The molecule has 0 saturated carbocycles. The van der Waals surface area contributed by atoms with Crippen molar-refractivity contribution in [2.24, 2.45) is 0 Å². The molecule has 0 bridgehead atoms. The van der Waals surface area contributed by atoms with Gasteiger partial charge in [-0.1, -0.05) is 24.9 Å². The van der Waals surface area contributed by atoms with Crippen LogP contribution < -0.4 is 5.32 Å². The molecule has 1 fully saturated rings. The van der Waals surface area contributed by atoms with Gasteiger partial charge in [-0.2, -0.15) is 0 Å². The van der Waals surface area contributed by atoms with Gasteiger partial charge in [0.15, 0.2) is 0 Å². The van der Waals surface area contributed by atoms with Gasteiger partial charge in [0.2, 0.25) is 5.91 Å². The summed E-state index contributed by atoms with van der Waals surface area (Å²) in [5.74, 6) is 0.155. The first kappa shape index (κ1) is 16.7. The summed E-state index contributed by atoms with van der Waals surface area (Å²) in [4.78, 5) is 17.8. The third-order valence-electron chi connectivity index (χ3n) is 3.69. The zero-order chi connectivity index (χ0) is 15.1. The van der Waals surface area contributed by atoms with Crippen molar-refractivity contribution in [2.45, 2.75) is 26.3 Å². The third-order valence-corrected chi connectivity index (χ3v) is 4.91. The van der Waals surface area contributed by atoms with Crippen molar-refractivity contribution >= 4 is 28.8 Å². The summed E-state index contributed by atoms with van der Waals surface area (Å²) in [6, 6.07) is 4.05. The summed E-state index contributed by atoms with van der Waals surface area (Å²) in [5, 5.41) is 2.98. The number of nitrogens with one attached hydrogen (secondary N) is 1. The Bertz CT molecular complexity index is 444. The highest BCUT2D eigenvalue weighted by Gasteiger charge is 2.19. The Morgan fingerprint density at radius 2 is 2.00 bits per heavy atom. The molecule has 1 saturated heterocycles. The average molecular weight is 330 g/mol. The monoisotopic (exact) mass is 329 g/mol. The number of thiophene rings is 1. The summed E-state index contributed by atoms with van der Waals surface area (Å²) in [6.45, 7) is 8.37. The van der Waals surface area contributed by atoms with Crippen LogP contribution >= 0.6 is 22.9 Å². The van der Waals surface area contributed by atoms with Crippen molar-refractivity contribution in [3.63, 3.8) is 0 Å². The molecule has 0 atom stereocenters. The van der Waals surface area contributed by atoms with E-state index in [-0.39, 0.29) is 5.91 Å². The molecular formula is C15H24ClN3OS. The molecule has 0 unspecified atom stereocenters. The van der Waals surface area contributed by atoms with E-state index in [1.165, 1.54) is 4.88 Å². The second-order valence-corrected chi connectivity index (χ2v) is 7.26. The Hall–Kier alpha value is -0.620. The lowest BCUT2D eigenvalue weighted by molar-refractivity contribution is -0.122. The van der Waals surface area contributed by atoms with E-state index in [0.717, 1.165) is 56.4 Å². The van der Waals surface area contributed by atoms with Crippen molar-refractivity contribution in [2.75, 3.05) is 39.3 Å². The first-order valence-electron chi connectivity index (χ1n) is 7.63. The maximum atomic E-state index is 11.8. The number of halogens is 1. The predicted molar refractivity (Wildman–Crippen MR) is 89.0 cm³/mol. The van der Waals surface area contributed by atoms with Crippen molar-refractivity contribution in [1.82, 2.24) is 15.1 Å². The molecule has 6 heteroatoms. The number of carbonyl (C=O) groups is 1. The highest BCUT2D eigenvalue weighted by atomic mass is 35.5. The standard InChI is InChI=1S/C15H24ClN3OS/c1-2-3-6-17-15(20)12-19-9-7-18(8-10-19)11-13-4-5-14(16)21-13/h4-5H,2-3,6-12H2,1H3,(H,17,20). The molecule has 1 aromatic heterocycles. The minimum atomic E-state index is 0.155. The van der Waals surface area contributed by atoms with Crippen molar-refractivity contribution in [3.05, 3.63) is 21.3 Å². The molecule has 1 aliphatic heterocycles. The number of carbonyl (C=O) groups excluding carboxylic acids is 1. The van der Waals surface area contributed by atoms with E-state index in [4.69, 9.17) is 11.6 Å². The van der Waals surface area contributed by atoms with Crippen LogP contribution in [-0.4, -0.2) is 55.0 Å². The van der Waals surface area contributed by atoms with E-state index in [9.17, 15) is 4.79 Å². The first-order valence-corrected chi connectivity index (χ1v) is 8.82. The van der Waals surface area contributed by atoms with Gasteiger partial charge in [0.1, 0.15) is 0 Å². The number of hydrogen-bond donors (Lipinski definition) is 1. The van der Waals surface area contributed by atoms with Crippen LogP contribution in [0.1, 0.15) is 24.6 Å². The largest absolute Gasteiger partial charge is 0.355 e. The molecule has 1 amide bonds. The molecule has 1 N–H and O–H groups in total. The van der Waals surface area contributed by atoms with Crippen LogP contribution in [0.2, 0.25) is 4.34 Å². The van der Waals surface area contributed by atoms with E-state index >= 15 is 0 Å². The van der Waals surface area contributed by atoms with E-state index in [1.807, 2.05) is 6.07 Å². The lowest BCUT2D eigenvalue weighted by atomic mass is 10.3. The number of hydrogen-bond acceptors (Lipinski definition) is 4. The summed E-state index contributed by atoms with van der Waals surface area (Å²) in [7, 11) is 0. The molecule has 0 radical (unpaired) electrons. The van der Waals surface area contributed by atoms with E-state index in [2.05, 4.69) is 28.1 Å². The van der Waals surface area contributed by atoms with Crippen molar-refractivity contribution in [3.8, 4) is 0 Å². The quantitative estimate of drug-likeness (QED) is 0.780. The van der Waals surface area contributed by atoms with Gasteiger partial charge in [-0.05, 0) is 18.6 Å². The molecule has 118 valence electrons. The SMILES string of the molecule is CCCCNC(=O)CN1CCN(Cc2ccc(Cl)s2)CC1. The number of amides is 1. The molecule has 1 aromatic rings. The van der Waals surface area contributed by atoms with Crippen LogP contribution in [0.25, 0.3) is 0 Å². The Balaban J connectivity index is 1.65. The zero-order valence-corrected chi connectivity index (χ0v) is 14.2. The molecular weight excluding hydrogens is 306 g/mol. The molecule has 4 nitrogen and oxygen atoms in total. The molecule has 2 rings (SSSR count). The Morgan fingerprint density at radius 1 is 1.29 bits per heavy atom. The van der Waals surface area contributed by atoms with Crippen LogP contribution in [0.4, 0.5) is 0 Å². The number of piperazine rings is 1. The fraction of sp³-hybridized carbons (Fsp3) is 0.667. The molecule has 0 spiro atoms.